The highest BCUT2D eigenvalue weighted by atomic mass is 16.5. The van der Waals surface area contributed by atoms with Gasteiger partial charge in [0.25, 0.3) is 0 Å². The number of rotatable bonds is 6. The molecule has 0 spiro atoms. The molecule has 9 heteroatoms. The van der Waals surface area contributed by atoms with Crippen molar-refractivity contribution in [3.05, 3.63) is 68.0 Å². The van der Waals surface area contributed by atoms with Crippen molar-refractivity contribution in [1.29, 1.82) is 0 Å². The average molecular weight is 414 g/mol. The first kappa shape index (κ1) is 18.7. The number of amides is 1. The molecular weight excluding hydrogens is 396 g/mol. The molecule has 1 aliphatic heterocycles. The summed E-state index contributed by atoms with van der Waals surface area (Å²) < 4.78 is 11.3. The Balaban J connectivity index is 1.37. The van der Waals surface area contributed by atoms with E-state index in [4.69, 9.17) is 9.15 Å². The summed E-state index contributed by atoms with van der Waals surface area (Å²) in [5.74, 6) is 1.52. The fourth-order valence-electron chi connectivity index (χ4n) is 3.33. The lowest BCUT2D eigenvalue weighted by Gasteiger charge is -2.37. The van der Waals surface area contributed by atoms with Crippen molar-refractivity contribution in [3.63, 3.8) is 0 Å². The van der Waals surface area contributed by atoms with Crippen LogP contribution in [0.1, 0.15) is 0 Å². The van der Waals surface area contributed by atoms with Crippen molar-refractivity contribution in [2.45, 2.75) is 6.10 Å². The normalized spacial score (nSPS) is 13.6. The lowest BCUT2D eigenvalue weighted by molar-refractivity contribution is -0.134. The van der Waals surface area contributed by atoms with Crippen molar-refractivity contribution >= 4 is 28.3 Å². The molecule has 0 aliphatic carbocycles. The lowest BCUT2D eigenvalue weighted by atomic mass is 10.1. The minimum absolute atomic E-state index is 0.0989. The van der Waals surface area contributed by atoms with Crippen LogP contribution >= 0.6 is 0 Å². The number of pyridine rings is 1. The van der Waals surface area contributed by atoms with Gasteiger partial charge in [0.2, 0.25) is 17.7 Å². The number of hydrogen-bond acceptors (Lipinski definition) is 8. The highest BCUT2D eigenvalue weighted by Crippen LogP contribution is 2.28. The quantitative estimate of drug-likeness (QED) is 0.480. The second-order valence-corrected chi connectivity index (χ2v) is 6.99. The Morgan fingerprint density at radius 2 is 2.13 bits per heavy atom. The maximum Gasteiger partial charge on any atom is 0.246 e. The summed E-state index contributed by atoms with van der Waals surface area (Å²) >= 11 is 0. The Labute approximate surface area is 177 Å². The van der Waals surface area contributed by atoms with E-state index >= 15 is 0 Å². The third kappa shape index (κ3) is 3.80. The van der Waals surface area contributed by atoms with E-state index in [0.29, 0.717) is 36.2 Å². The highest BCUT2D eigenvalue weighted by molar-refractivity contribution is 5.91. The number of carbonyl (C=O) groups is 1. The number of anilines is 2. The molecule has 0 atom stereocenters. The number of likely N-dealkylation sites (tertiary alicyclic amines) is 1. The Morgan fingerprint density at radius 1 is 1.23 bits per heavy atom. The van der Waals surface area contributed by atoms with Crippen molar-refractivity contribution in [3.8, 4) is 17.3 Å². The minimum Gasteiger partial charge on any atom is -0.471 e. The first-order valence-electron chi connectivity index (χ1n) is 9.65. The second-order valence-electron chi connectivity index (χ2n) is 6.99. The van der Waals surface area contributed by atoms with E-state index in [2.05, 4.69) is 31.8 Å². The number of aromatic nitrogens is 4. The largest absolute Gasteiger partial charge is 0.471 e. The number of nitrogens with one attached hydrogen (secondary N) is 1. The maximum atomic E-state index is 11.6. The molecule has 154 valence electrons. The molecule has 1 N–H and O–H groups in total. The zero-order valence-electron chi connectivity index (χ0n) is 16.4. The molecule has 31 heavy (non-hydrogen) atoms. The van der Waals surface area contributed by atoms with Crippen molar-refractivity contribution in [1.82, 2.24) is 24.8 Å². The SMILES string of the molecule is C=CC(=O)N1CC(Oc2cc3c(Nc4cccc(-c5ncco5)c4)ncnc3cn2)C1. The van der Waals surface area contributed by atoms with E-state index < -0.39 is 0 Å². The predicted octanol–water partition coefficient (Wildman–Crippen LogP) is 3.20. The average Bonchev–Trinajstić information content (AvgIpc) is 3.31. The van der Waals surface area contributed by atoms with Crippen LogP contribution < -0.4 is 10.1 Å². The monoisotopic (exact) mass is 414 g/mol. The topological polar surface area (TPSA) is 106 Å². The first-order chi connectivity index (χ1) is 15.2. The van der Waals surface area contributed by atoms with Gasteiger partial charge in [-0.1, -0.05) is 12.6 Å². The zero-order chi connectivity index (χ0) is 21.2. The van der Waals surface area contributed by atoms with E-state index in [9.17, 15) is 4.79 Å². The number of benzene rings is 1. The molecule has 0 radical (unpaired) electrons. The van der Waals surface area contributed by atoms with Gasteiger partial charge in [-0.2, -0.15) is 0 Å². The third-order valence-corrected chi connectivity index (χ3v) is 4.92. The predicted molar refractivity (Wildman–Crippen MR) is 114 cm³/mol. The first-order valence-corrected chi connectivity index (χ1v) is 9.65. The van der Waals surface area contributed by atoms with Crippen molar-refractivity contribution in [2.24, 2.45) is 0 Å². The third-order valence-electron chi connectivity index (χ3n) is 4.92. The molecule has 5 rings (SSSR count). The molecular formula is C22H18N6O3. The van der Waals surface area contributed by atoms with Crippen LogP contribution in [0.4, 0.5) is 11.5 Å². The standard InChI is InChI=1S/C22H18N6O3/c1-2-20(29)28-11-16(12-28)31-19-9-17-18(10-24-19)25-13-26-21(17)27-15-5-3-4-14(8-15)22-23-6-7-30-22/h2-10,13,16H,1,11-12H2,(H,25,26,27). The van der Waals surface area contributed by atoms with E-state index in [0.717, 1.165) is 16.6 Å². The number of carbonyl (C=O) groups excluding carboxylic acids is 1. The van der Waals surface area contributed by atoms with Gasteiger partial charge in [-0.3, -0.25) is 4.79 Å². The van der Waals surface area contributed by atoms with E-state index in [1.54, 1.807) is 23.4 Å². The number of oxazole rings is 1. The maximum absolute atomic E-state index is 11.6. The molecule has 4 aromatic rings. The smallest absolute Gasteiger partial charge is 0.246 e. The van der Waals surface area contributed by atoms with Gasteiger partial charge in [-0.05, 0) is 24.3 Å². The van der Waals surface area contributed by atoms with Gasteiger partial charge in [0.1, 0.15) is 24.5 Å². The number of fused-ring (bicyclic) bond motifs is 1. The van der Waals surface area contributed by atoms with E-state index in [-0.39, 0.29) is 12.0 Å². The van der Waals surface area contributed by atoms with Gasteiger partial charge < -0.3 is 19.4 Å². The number of hydrogen-bond donors (Lipinski definition) is 1. The summed E-state index contributed by atoms with van der Waals surface area (Å²) in [5.41, 5.74) is 2.36. The summed E-state index contributed by atoms with van der Waals surface area (Å²) in [7, 11) is 0. The summed E-state index contributed by atoms with van der Waals surface area (Å²) in [6.45, 7) is 4.51. The van der Waals surface area contributed by atoms with Crippen LogP contribution in [0.25, 0.3) is 22.4 Å². The molecule has 9 nitrogen and oxygen atoms in total. The summed E-state index contributed by atoms with van der Waals surface area (Å²) in [5, 5.41) is 4.09. The Kier molecular flexibility index (Phi) is 4.75. The van der Waals surface area contributed by atoms with Crippen LogP contribution in [-0.2, 0) is 4.79 Å². The molecule has 1 saturated heterocycles. The van der Waals surface area contributed by atoms with Crippen LogP contribution in [0.3, 0.4) is 0 Å². The van der Waals surface area contributed by atoms with Gasteiger partial charge in [0.05, 0.1) is 31.0 Å². The molecule has 0 unspecified atom stereocenters. The van der Waals surface area contributed by atoms with Crippen LogP contribution in [0.15, 0.2) is 72.4 Å². The number of ether oxygens (including phenoxy) is 1. The number of nitrogens with zero attached hydrogens (tertiary/aromatic N) is 5. The molecule has 4 heterocycles. The van der Waals surface area contributed by atoms with Crippen molar-refractivity contribution < 1.29 is 13.9 Å². The second kappa shape index (κ2) is 7.86. The van der Waals surface area contributed by atoms with Gasteiger partial charge in [-0.25, -0.2) is 19.9 Å². The molecule has 1 amide bonds. The fourth-order valence-corrected chi connectivity index (χ4v) is 3.33. The molecule has 0 bridgehead atoms. The fraction of sp³-hybridized carbons (Fsp3) is 0.136. The zero-order valence-corrected chi connectivity index (χ0v) is 16.4. The lowest BCUT2D eigenvalue weighted by Crippen LogP contribution is -2.55. The molecule has 3 aromatic heterocycles. The van der Waals surface area contributed by atoms with E-state index in [1.165, 1.54) is 18.7 Å². The summed E-state index contributed by atoms with van der Waals surface area (Å²) in [6.07, 6.45) is 7.47. The van der Waals surface area contributed by atoms with Gasteiger partial charge >= 0.3 is 0 Å². The van der Waals surface area contributed by atoms with Gasteiger partial charge in [0, 0.05) is 22.7 Å². The van der Waals surface area contributed by atoms with Crippen molar-refractivity contribution in [2.75, 3.05) is 18.4 Å². The van der Waals surface area contributed by atoms with E-state index in [1.807, 2.05) is 24.3 Å². The Morgan fingerprint density at radius 3 is 2.94 bits per heavy atom. The van der Waals surface area contributed by atoms with Crippen LogP contribution in [0, 0.1) is 0 Å². The summed E-state index contributed by atoms with van der Waals surface area (Å²) in [6, 6.07) is 9.49. The minimum atomic E-state index is -0.104. The Hall–Kier alpha value is -4.27. The van der Waals surface area contributed by atoms with Gasteiger partial charge in [0.15, 0.2) is 0 Å². The molecule has 0 saturated carbocycles. The van der Waals surface area contributed by atoms with Gasteiger partial charge in [-0.15, -0.1) is 0 Å². The van der Waals surface area contributed by atoms with Crippen LogP contribution in [-0.4, -0.2) is 49.9 Å². The molecule has 1 aliphatic rings. The highest BCUT2D eigenvalue weighted by Gasteiger charge is 2.31. The Bertz CT molecular complexity index is 1250. The molecule has 1 aromatic carbocycles. The van der Waals surface area contributed by atoms with Crippen LogP contribution in [0.2, 0.25) is 0 Å². The summed E-state index contributed by atoms with van der Waals surface area (Å²) in [4.78, 5) is 30.4. The molecule has 1 fully saturated rings. The van der Waals surface area contributed by atoms with Crippen LogP contribution in [0.5, 0.6) is 5.88 Å².